The van der Waals surface area contributed by atoms with E-state index in [-0.39, 0.29) is 38.2 Å². The minimum Gasteiger partial charge on any atom is -0.337 e. The number of amides is 2. The Kier molecular flexibility index (Phi) is 4.68. The second-order valence-corrected chi connectivity index (χ2v) is 4.95. The van der Waals surface area contributed by atoms with Gasteiger partial charge >= 0.3 is 12.1 Å². The van der Waals surface area contributed by atoms with Crippen molar-refractivity contribution < 1.29 is 27.2 Å². The molecular weight excluding hydrogens is 304 g/mol. The van der Waals surface area contributed by atoms with E-state index in [4.69, 9.17) is 0 Å². The maximum Gasteiger partial charge on any atom is 0.471 e. The van der Waals surface area contributed by atoms with Crippen molar-refractivity contribution in [1.82, 2.24) is 9.80 Å². The van der Waals surface area contributed by atoms with Crippen molar-refractivity contribution in [2.75, 3.05) is 26.2 Å². The van der Waals surface area contributed by atoms with E-state index < -0.39 is 23.8 Å². The smallest absolute Gasteiger partial charge is 0.337 e. The largest absolute Gasteiger partial charge is 0.471 e. The Labute approximate surface area is 124 Å². The summed E-state index contributed by atoms with van der Waals surface area (Å²) in [5, 5.41) is 0. The highest BCUT2D eigenvalue weighted by atomic mass is 19.4. The monoisotopic (exact) mass is 318 g/mol. The van der Waals surface area contributed by atoms with Crippen LogP contribution >= 0.6 is 0 Å². The van der Waals surface area contributed by atoms with E-state index in [9.17, 15) is 27.2 Å². The second kappa shape index (κ2) is 6.33. The first-order valence-corrected chi connectivity index (χ1v) is 6.70. The van der Waals surface area contributed by atoms with E-state index in [0.29, 0.717) is 4.90 Å². The van der Waals surface area contributed by atoms with E-state index in [1.165, 1.54) is 23.1 Å². The Morgan fingerprint density at radius 2 is 1.64 bits per heavy atom. The lowest BCUT2D eigenvalue weighted by molar-refractivity contribution is -0.185. The fourth-order valence-electron chi connectivity index (χ4n) is 2.31. The van der Waals surface area contributed by atoms with Gasteiger partial charge in [0.1, 0.15) is 5.82 Å². The van der Waals surface area contributed by atoms with Crippen molar-refractivity contribution in [3.05, 3.63) is 35.6 Å². The van der Waals surface area contributed by atoms with Gasteiger partial charge in [-0.25, -0.2) is 4.39 Å². The van der Waals surface area contributed by atoms with Crippen molar-refractivity contribution in [2.45, 2.75) is 12.6 Å². The van der Waals surface area contributed by atoms with Gasteiger partial charge in [0.2, 0.25) is 0 Å². The average molecular weight is 318 g/mol. The number of nitrogens with zero attached hydrogens (tertiary/aromatic N) is 2. The minimum atomic E-state index is -4.91. The summed E-state index contributed by atoms with van der Waals surface area (Å²) >= 11 is 0. The number of carbonyl (C=O) groups is 2. The van der Waals surface area contributed by atoms with Gasteiger partial charge < -0.3 is 9.80 Å². The molecule has 0 bridgehead atoms. The zero-order chi connectivity index (χ0) is 16.3. The Morgan fingerprint density at radius 1 is 1.00 bits per heavy atom. The molecule has 1 fully saturated rings. The van der Waals surface area contributed by atoms with Crippen molar-refractivity contribution in [3.8, 4) is 0 Å². The number of halogens is 4. The molecular formula is C14H14F4N2O2. The highest BCUT2D eigenvalue weighted by molar-refractivity contribution is 5.94. The van der Waals surface area contributed by atoms with Crippen molar-refractivity contribution in [1.29, 1.82) is 0 Å². The molecule has 8 heteroatoms. The molecule has 1 heterocycles. The third-order valence-corrected chi connectivity index (χ3v) is 3.38. The molecule has 1 saturated heterocycles. The third-order valence-electron chi connectivity index (χ3n) is 3.38. The van der Waals surface area contributed by atoms with E-state index in [2.05, 4.69) is 0 Å². The van der Waals surface area contributed by atoms with Gasteiger partial charge in [0, 0.05) is 31.7 Å². The van der Waals surface area contributed by atoms with Crippen molar-refractivity contribution in [2.24, 2.45) is 0 Å². The van der Waals surface area contributed by atoms with Crippen LogP contribution in [-0.2, 0) is 4.79 Å². The summed E-state index contributed by atoms with van der Waals surface area (Å²) in [5.74, 6) is -2.91. The highest BCUT2D eigenvalue weighted by Crippen LogP contribution is 2.20. The molecule has 2 amide bonds. The predicted molar refractivity (Wildman–Crippen MR) is 69.6 cm³/mol. The number of benzene rings is 1. The van der Waals surface area contributed by atoms with Gasteiger partial charge in [0.05, 0.1) is 0 Å². The fourth-order valence-corrected chi connectivity index (χ4v) is 2.31. The Hall–Kier alpha value is -2.12. The minimum absolute atomic E-state index is 0.0167. The quantitative estimate of drug-likeness (QED) is 0.744. The average Bonchev–Trinajstić information content (AvgIpc) is 2.70. The Morgan fingerprint density at radius 3 is 2.27 bits per heavy atom. The number of carbonyl (C=O) groups excluding carboxylic acids is 2. The first kappa shape index (κ1) is 16.3. The molecule has 0 unspecified atom stereocenters. The topological polar surface area (TPSA) is 40.6 Å². The molecule has 4 nitrogen and oxygen atoms in total. The number of hydrogen-bond acceptors (Lipinski definition) is 2. The fraction of sp³-hybridized carbons (Fsp3) is 0.429. The summed E-state index contributed by atoms with van der Waals surface area (Å²) < 4.78 is 50.4. The molecule has 0 saturated carbocycles. The molecule has 0 aliphatic carbocycles. The van der Waals surface area contributed by atoms with Gasteiger partial charge in [-0.15, -0.1) is 0 Å². The summed E-state index contributed by atoms with van der Waals surface area (Å²) in [6, 6.07) is 5.10. The molecule has 1 aromatic rings. The predicted octanol–water partition coefficient (Wildman–Crippen LogP) is 2.06. The number of hydrogen-bond donors (Lipinski definition) is 0. The molecule has 0 atom stereocenters. The van der Waals surface area contributed by atoms with Gasteiger partial charge in [-0.05, 0) is 24.6 Å². The number of alkyl halides is 3. The van der Waals surface area contributed by atoms with Crippen LogP contribution < -0.4 is 0 Å². The molecule has 1 aliphatic heterocycles. The van der Waals surface area contributed by atoms with Crippen LogP contribution in [0.4, 0.5) is 17.6 Å². The van der Waals surface area contributed by atoms with Gasteiger partial charge in [0.15, 0.2) is 0 Å². The van der Waals surface area contributed by atoms with Gasteiger partial charge in [0.25, 0.3) is 5.91 Å². The van der Waals surface area contributed by atoms with Gasteiger partial charge in [-0.2, -0.15) is 13.2 Å². The van der Waals surface area contributed by atoms with Crippen LogP contribution in [-0.4, -0.2) is 54.0 Å². The molecule has 0 aromatic heterocycles. The Bertz CT molecular complexity index is 574. The summed E-state index contributed by atoms with van der Waals surface area (Å²) in [7, 11) is 0. The molecule has 2 rings (SSSR count). The van der Waals surface area contributed by atoms with E-state index in [1.54, 1.807) is 0 Å². The second-order valence-electron chi connectivity index (χ2n) is 4.95. The molecule has 1 aliphatic rings. The number of rotatable bonds is 1. The van der Waals surface area contributed by atoms with Crippen LogP contribution in [0.5, 0.6) is 0 Å². The van der Waals surface area contributed by atoms with Crippen molar-refractivity contribution in [3.63, 3.8) is 0 Å². The van der Waals surface area contributed by atoms with Crippen LogP contribution in [0.25, 0.3) is 0 Å². The van der Waals surface area contributed by atoms with E-state index in [0.717, 1.165) is 6.07 Å². The Balaban J connectivity index is 2.04. The lowest BCUT2D eigenvalue weighted by atomic mass is 10.2. The zero-order valence-electron chi connectivity index (χ0n) is 11.6. The zero-order valence-corrected chi connectivity index (χ0v) is 11.6. The molecule has 0 spiro atoms. The van der Waals surface area contributed by atoms with Crippen LogP contribution in [0, 0.1) is 5.82 Å². The van der Waals surface area contributed by atoms with Crippen LogP contribution in [0.15, 0.2) is 24.3 Å². The van der Waals surface area contributed by atoms with Crippen LogP contribution in [0.2, 0.25) is 0 Å². The summed E-state index contributed by atoms with van der Waals surface area (Å²) in [4.78, 5) is 25.4. The maximum absolute atomic E-state index is 13.1. The summed E-state index contributed by atoms with van der Waals surface area (Å²) in [5.41, 5.74) is 0.135. The highest BCUT2D eigenvalue weighted by Gasteiger charge is 2.42. The molecule has 1 aromatic carbocycles. The molecule has 0 N–H and O–H groups in total. The SMILES string of the molecule is O=C(c1cccc(F)c1)N1CCCN(C(=O)C(F)(F)F)CC1. The van der Waals surface area contributed by atoms with E-state index >= 15 is 0 Å². The van der Waals surface area contributed by atoms with E-state index in [1.807, 2.05) is 0 Å². The first-order chi connectivity index (χ1) is 10.3. The summed E-state index contributed by atoms with van der Waals surface area (Å²) in [6.45, 7) is -0.0567. The van der Waals surface area contributed by atoms with Gasteiger partial charge in [-0.3, -0.25) is 9.59 Å². The third kappa shape index (κ3) is 3.75. The molecule has 120 valence electrons. The van der Waals surface area contributed by atoms with Crippen molar-refractivity contribution >= 4 is 11.8 Å². The van der Waals surface area contributed by atoms with Crippen LogP contribution in [0.1, 0.15) is 16.8 Å². The molecule has 0 radical (unpaired) electrons. The lowest BCUT2D eigenvalue weighted by Gasteiger charge is -2.23. The summed E-state index contributed by atoms with van der Waals surface area (Å²) in [6.07, 6.45) is -4.68. The normalized spacial score (nSPS) is 16.4. The van der Waals surface area contributed by atoms with Crippen LogP contribution in [0.3, 0.4) is 0 Å². The van der Waals surface area contributed by atoms with Gasteiger partial charge in [-0.1, -0.05) is 6.07 Å². The standard InChI is InChI=1S/C14H14F4N2O2/c15-11-4-1-3-10(9-11)12(21)19-5-2-6-20(8-7-19)13(22)14(16,17)18/h1,3-4,9H,2,5-8H2. The first-order valence-electron chi connectivity index (χ1n) is 6.70. The maximum atomic E-state index is 13.1. The molecule has 22 heavy (non-hydrogen) atoms. The lowest BCUT2D eigenvalue weighted by Crippen LogP contribution is -2.43.